The van der Waals surface area contributed by atoms with E-state index in [4.69, 9.17) is 26.3 Å². The van der Waals surface area contributed by atoms with Crippen LogP contribution in [0.3, 0.4) is 0 Å². The van der Waals surface area contributed by atoms with E-state index in [1.807, 2.05) is 67.5 Å². The molecular weight excluding hydrogens is 526 g/mol. The third-order valence-corrected chi connectivity index (χ3v) is 7.84. The number of ether oxygens (including phenoxy) is 1. The van der Waals surface area contributed by atoms with Gasteiger partial charge in [-0.15, -0.1) is 0 Å². The van der Waals surface area contributed by atoms with E-state index in [2.05, 4.69) is 10.3 Å². The Labute approximate surface area is 226 Å². The van der Waals surface area contributed by atoms with Crippen LogP contribution in [0.2, 0.25) is 5.15 Å². The third-order valence-electron chi connectivity index (χ3n) is 6.43. The van der Waals surface area contributed by atoms with Crippen LogP contribution >= 0.6 is 11.6 Å². The van der Waals surface area contributed by atoms with Gasteiger partial charge in [0.1, 0.15) is 23.0 Å². The summed E-state index contributed by atoms with van der Waals surface area (Å²) in [4.78, 5) is 15.6. The van der Waals surface area contributed by atoms with E-state index >= 15 is 0 Å². The molecule has 2 aromatic heterocycles. The summed E-state index contributed by atoms with van der Waals surface area (Å²) in [5.41, 5.74) is 4.08. The molecule has 38 heavy (non-hydrogen) atoms. The van der Waals surface area contributed by atoms with Crippen molar-refractivity contribution in [1.29, 1.82) is 0 Å². The van der Waals surface area contributed by atoms with E-state index < -0.39 is 10.0 Å². The molecule has 5 rings (SSSR count). The van der Waals surface area contributed by atoms with Crippen molar-refractivity contribution < 1.29 is 13.2 Å². The number of hydrogen-bond donors (Lipinski definition) is 1. The van der Waals surface area contributed by atoms with Crippen molar-refractivity contribution in [2.75, 3.05) is 44.2 Å². The molecule has 1 unspecified atom stereocenters. The highest BCUT2D eigenvalue weighted by Gasteiger charge is 2.35. The summed E-state index contributed by atoms with van der Waals surface area (Å²) in [7, 11) is 1.94. The zero-order valence-electron chi connectivity index (χ0n) is 21.5. The Bertz CT molecular complexity index is 1580. The Morgan fingerprint density at radius 3 is 2.53 bits per heavy atom. The Hall–Kier alpha value is -3.67. The minimum absolute atomic E-state index is 0.210. The van der Waals surface area contributed by atoms with Gasteiger partial charge in [0.25, 0.3) is 0 Å². The lowest BCUT2D eigenvalue weighted by Gasteiger charge is -2.34. The van der Waals surface area contributed by atoms with Crippen LogP contribution in [0, 0.1) is 0 Å². The lowest BCUT2D eigenvalue weighted by Crippen LogP contribution is -2.39. The van der Waals surface area contributed by atoms with Gasteiger partial charge >= 0.3 is 0 Å². The first-order valence-electron chi connectivity index (χ1n) is 11.9. The van der Waals surface area contributed by atoms with E-state index in [0.29, 0.717) is 29.2 Å². The van der Waals surface area contributed by atoms with Crippen molar-refractivity contribution in [3.05, 3.63) is 83.0 Å². The molecule has 0 saturated carbocycles. The molecule has 1 N–H and O–H groups in total. The van der Waals surface area contributed by atoms with E-state index in [1.165, 1.54) is 10.6 Å². The summed E-state index contributed by atoms with van der Waals surface area (Å²) in [6, 6.07) is 15.5. The van der Waals surface area contributed by atoms with E-state index in [1.54, 1.807) is 24.2 Å². The number of sulfonamides is 1. The van der Waals surface area contributed by atoms with Crippen LogP contribution in [0.4, 0.5) is 17.5 Å². The maximum Gasteiger partial charge on any atom is 0.229 e. The lowest BCUT2D eigenvalue weighted by molar-refractivity contribution is 0.370. The topological polar surface area (TPSA) is 105 Å². The second kappa shape index (κ2) is 10.2. The number of aromatic nitrogens is 4. The number of anilines is 3. The van der Waals surface area contributed by atoms with Crippen molar-refractivity contribution >= 4 is 39.1 Å². The number of hydrogen-bond acceptors (Lipinski definition) is 8. The summed E-state index contributed by atoms with van der Waals surface area (Å²) >= 11 is 5.99. The highest BCUT2D eigenvalue weighted by atomic mass is 35.5. The molecule has 1 atom stereocenters. The van der Waals surface area contributed by atoms with Gasteiger partial charge in [-0.25, -0.2) is 18.4 Å². The Morgan fingerprint density at radius 1 is 1.13 bits per heavy atom. The van der Waals surface area contributed by atoms with E-state index in [9.17, 15) is 8.42 Å². The molecule has 0 fully saturated rings. The number of nitrogens with zero attached hydrogens (tertiary/aromatic N) is 6. The maximum absolute atomic E-state index is 12.6. The summed E-state index contributed by atoms with van der Waals surface area (Å²) in [6.45, 7) is 0.510. The highest BCUT2D eigenvalue weighted by Crippen LogP contribution is 2.38. The van der Waals surface area contributed by atoms with Gasteiger partial charge in [0, 0.05) is 56.6 Å². The van der Waals surface area contributed by atoms with E-state index in [-0.39, 0.29) is 12.5 Å². The zero-order valence-corrected chi connectivity index (χ0v) is 23.0. The molecule has 4 aromatic rings. The molecule has 0 saturated heterocycles. The molecule has 1 aliphatic heterocycles. The average Bonchev–Trinajstić information content (AvgIpc) is 3.33. The molecule has 0 radical (unpaired) electrons. The van der Waals surface area contributed by atoms with Crippen molar-refractivity contribution in [2.24, 2.45) is 0 Å². The first kappa shape index (κ1) is 26.0. The van der Waals surface area contributed by atoms with Gasteiger partial charge < -0.3 is 19.5 Å². The fourth-order valence-corrected chi connectivity index (χ4v) is 5.55. The van der Waals surface area contributed by atoms with Gasteiger partial charge in [-0.2, -0.15) is 9.29 Å². The average molecular weight is 554 g/mol. The number of nitrogens with one attached hydrogen (secondary N) is 1. The molecule has 10 nitrogen and oxygen atoms in total. The van der Waals surface area contributed by atoms with Crippen molar-refractivity contribution in [2.45, 2.75) is 12.5 Å². The largest absolute Gasteiger partial charge is 0.494 e. The molecule has 1 aliphatic rings. The lowest BCUT2D eigenvalue weighted by atomic mass is 9.89. The molecule has 0 spiro atoms. The monoisotopic (exact) mass is 553 g/mol. The van der Waals surface area contributed by atoms with Crippen LogP contribution in [-0.4, -0.2) is 66.2 Å². The summed E-state index contributed by atoms with van der Waals surface area (Å²) in [5.74, 6) is 1.42. The highest BCUT2D eigenvalue weighted by molar-refractivity contribution is 7.88. The van der Waals surface area contributed by atoms with Crippen molar-refractivity contribution in [3.63, 3.8) is 0 Å². The number of benzene rings is 2. The summed E-state index contributed by atoms with van der Waals surface area (Å²) in [6.07, 6.45) is 4.56. The van der Waals surface area contributed by atoms with E-state index in [0.717, 1.165) is 28.2 Å². The minimum atomic E-state index is -3.43. The number of methoxy groups -OCH3 is 1. The number of imidazole rings is 1. The molecule has 12 heteroatoms. The molecule has 0 aliphatic carbocycles. The second-order valence-corrected chi connectivity index (χ2v) is 11.6. The van der Waals surface area contributed by atoms with Gasteiger partial charge in [0.15, 0.2) is 0 Å². The third kappa shape index (κ3) is 5.17. The first-order chi connectivity index (χ1) is 18.1. The van der Waals surface area contributed by atoms with Gasteiger partial charge in [-0.05, 0) is 17.7 Å². The minimum Gasteiger partial charge on any atom is -0.494 e. The Morgan fingerprint density at radius 2 is 1.89 bits per heavy atom. The van der Waals surface area contributed by atoms with Crippen molar-refractivity contribution in [3.8, 4) is 11.4 Å². The maximum atomic E-state index is 12.6. The summed E-state index contributed by atoms with van der Waals surface area (Å²) < 4.78 is 34.1. The predicted molar refractivity (Wildman–Crippen MR) is 148 cm³/mol. The standard InChI is InChI=1S/C26H28ClN7O3S/c1-32(2)25-20-14-34(38(4,35)36)13-19(17-8-6-5-7-9-17)24(20)30-26(31-25)29-18-10-11-21(22(12-18)37-3)33-15-23(27)28-16-33/h5-12,15-16,19H,13-14H2,1-4H3,(H,29,30,31). The SMILES string of the molecule is COc1cc(Nc2nc3c(c(N(C)C)n2)CN(S(C)(=O)=O)CC3c2ccccc2)ccc1-n1cnc(Cl)c1. The number of halogens is 1. The smallest absolute Gasteiger partial charge is 0.229 e. The molecule has 0 amide bonds. The van der Waals surface area contributed by atoms with Gasteiger partial charge in [0.2, 0.25) is 16.0 Å². The van der Waals surface area contributed by atoms with Crippen LogP contribution in [0.15, 0.2) is 61.1 Å². The Kier molecular flexibility index (Phi) is 6.99. The molecule has 198 valence electrons. The van der Waals surface area contributed by atoms with Crippen molar-refractivity contribution in [1.82, 2.24) is 23.8 Å². The van der Waals surface area contributed by atoms with Gasteiger partial charge in [-0.1, -0.05) is 41.9 Å². The fourth-order valence-electron chi connectivity index (χ4n) is 4.62. The second-order valence-electron chi connectivity index (χ2n) is 9.26. The molecule has 3 heterocycles. The van der Waals surface area contributed by atoms with Crippen LogP contribution < -0.4 is 15.0 Å². The van der Waals surface area contributed by atoms with Gasteiger partial charge in [-0.3, -0.25) is 0 Å². The fraction of sp³-hybridized carbons (Fsp3) is 0.269. The molecular formula is C26H28ClN7O3S. The normalized spacial score (nSPS) is 15.7. The first-order valence-corrected chi connectivity index (χ1v) is 14.1. The molecule has 2 aromatic carbocycles. The summed E-state index contributed by atoms with van der Waals surface area (Å²) in [5, 5.41) is 3.69. The van der Waals surface area contributed by atoms with Crippen LogP contribution in [0.5, 0.6) is 5.75 Å². The number of fused-ring (bicyclic) bond motifs is 1. The number of rotatable bonds is 7. The van der Waals surface area contributed by atoms with Crippen LogP contribution in [0.1, 0.15) is 22.7 Å². The Balaban J connectivity index is 1.58. The van der Waals surface area contributed by atoms with Gasteiger partial charge in [0.05, 0.1) is 24.7 Å². The van der Waals surface area contributed by atoms with Crippen LogP contribution in [-0.2, 0) is 16.6 Å². The van der Waals surface area contributed by atoms with Crippen LogP contribution in [0.25, 0.3) is 5.69 Å². The zero-order chi connectivity index (χ0) is 27.0. The molecule has 0 bridgehead atoms. The predicted octanol–water partition coefficient (Wildman–Crippen LogP) is 4.04. The quantitative estimate of drug-likeness (QED) is 0.365.